The van der Waals surface area contributed by atoms with Crippen molar-refractivity contribution in [1.29, 1.82) is 0 Å². The van der Waals surface area contributed by atoms with Gasteiger partial charge in [0.25, 0.3) is 0 Å². The van der Waals surface area contributed by atoms with Crippen LogP contribution in [0.4, 0.5) is 5.69 Å². The van der Waals surface area contributed by atoms with Gasteiger partial charge < -0.3 is 0 Å². The Morgan fingerprint density at radius 1 is 1.38 bits per heavy atom. The van der Waals surface area contributed by atoms with Gasteiger partial charge in [0.15, 0.2) is 0 Å². The second kappa shape index (κ2) is 5.01. The molecular formula is C13H18N2O. The lowest BCUT2D eigenvalue weighted by Crippen LogP contribution is -2.32. The molecule has 1 atom stereocenters. The molecule has 16 heavy (non-hydrogen) atoms. The summed E-state index contributed by atoms with van der Waals surface area (Å²) in [4.78, 5) is 11.7. The molecule has 1 amide bonds. The van der Waals surface area contributed by atoms with Crippen LogP contribution in [0, 0.1) is 5.92 Å². The monoisotopic (exact) mass is 218 g/mol. The topological polar surface area (TPSA) is 32.3 Å². The van der Waals surface area contributed by atoms with E-state index in [0.29, 0.717) is 0 Å². The third kappa shape index (κ3) is 2.35. The lowest BCUT2D eigenvalue weighted by Gasteiger charge is -2.17. The molecule has 1 fully saturated rings. The van der Waals surface area contributed by atoms with E-state index in [2.05, 4.69) is 12.3 Å². The summed E-state index contributed by atoms with van der Waals surface area (Å²) in [6.07, 6.45) is 3.27. The van der Waals surface area contributed by atoms with Gasteiger partial charge in [0, 0.05) is 0 Å². The molecule has 1 aromatic rings. The van der Waals surface area contributed by atoms with Gasteiger partial charge in [-0.3, -0.25) is 15.2 Å². The van der Waals surface area contributed by atoms with Gasteiger partial charge in [-0.05, 0) is 18.6 Å². The van der Waals surface area contributed by atoms with Gasteiger partial charge in [-0.2, -0.15) is 0 Å². The third-order valence-corrected chi connectivity index (χ3v) is 2.99. The number of hydrazine groups is 1. The number of amides is 1. The summed E-state index contributed by atoms with van der Waals surface area (Å²) in [6, 6.07) is 9.99. The lowest BCUT2D eigenvalue weighted by atomic mass is 10.0. The standard InChI is InChI=1S/C13H18N2O/c1-2-3-7-11-10-15(14-13(11)16)12-8-5-4-6-9-12/h4-6,8-9,11H,2-3,7,10H2,1H3,(H,14,16). The Bertz CT molecular complexity index is 350. The van der Waals surface area contributed by atoms with E-state index in [9.17, 15) is 4.79 Å². The first kappa shape index (κ1) is 11.0. The van der Waals surface area contributed by atoms with Crippen molar-refractivity contribution in [3.63, 3.8) is 0 Å². The van der Waals surface area contributed by atoms with E-state index in [1.165, 1.54) is 0 Å². The molecule has 1 heterocycles. The fraction of sp³-hybridized carbons (Fsp3) is 0.462. The molecule has 1 aromatic carbocycles. The van der Waals surface area contributed by atoms with Gasteiger partial charge >= 0.3 is 0 Å². The predicted molar refractivity (Wildman–Crippen MR) is 64.9 cm³/mol. The fourth-order valence-electron chi connectivity index (χ4n) is 2.02. The number of carbonyl (C=O) groups excluding carboxylic acids is 1. The number of hydrogen-bond donors (Lipinski definition) is 1. The van der Waals surface area contributed by atoms with Crippen LogP contribution in [0.25, 0.3) is 0 Å². The SMILES string of the molecule is CCCCC1CN(c2ccccc2)NC1=O. The van der Waals surface area contributed by atoms with Crippen LogP contribution in [0.1, 0.15) is 26.2 Å². The molecule has 0 saturated carbocycles. The Balaban J connectivity index is 1.98. The summed E-state index contributed by atoms with van der Waals surface area (Å²) in [6.45, 7) is 2.95. The quantitative estimate of drug-likeness (QED) is 0.841. The molecule has 3 heteroatoms. The number of hydrogen-bond acceptors (Lipinski definition) is 2. The van der Waals surface area contributed by atoms with E-state index in [1.54, 1.807) is 0 Å². The second-order valence-electron chi connectivity index (χ2n) is 4.26. The average Bonchev–Trinajstić information content (AvgIpc) is 2.69. The number of carbonyl (C=O) groups is 1. The Labute approximate surface area is 96.4 Å². The molecule has 0 aliphatic carbocycles. The minimum atomic E-state index is 0.153. The second-order valence-corrected chi connectivity index (χ2v) is 4.26. The summed E-state index contributed by atoms with van der Waals surface area (Å²) in [5.41, 5.74) is 3.99. The highest BCUT2D eigenvalue weighted by atomic mass is 16.2. The van der Waals surface area contributed by atoms with Crippen molar-refractivity contribution in [2.45, 2.75) is 26.2 Å². The van der Waals surface area contributed by atoms with E-state index < -0.39 is 0 Å². The van der Waals surface area contributed by atoms with Gasteiger partial charge in [0.2, 0.25) is 5.91 Å². The Kier molecular flexibility index (Phi) is 3.44. The van der Waals surface area contributed by atoms with E-state index in [1.807, 2.05) is 35.3 Å². The summed E-state index contributed by atoms with van der Waals surface area (Å²) < 4.78 is 0. The molecule has 1 N–H and O–H groups in total. The third-order valence-electron chi connectivity index (χ3n) is 2.99. The van der Waals surface area contributed by atoms with Gasteiger partial charge in [-0.1, -0.05) is 38.0 Å². The van der Waals surface area contributed by atoms with Crippen LogP contribution >= 0.6 is 0 Å². The van der Waals surface area contributed by atoms with Crippen molar-refractivity contribution in [2.75, 3.05) is 11.6 Å². The number of unbranched alkanes of at least 4 members (excludes halogenated alkanes) is 1. The number of anilines is 1. The molecule has 1 saturated heterocycles. The Morgan fingerprint density at radius 3 is 2.81 bits per heavy atom. The first-order chi connectivity index (χ1) is 7.81. The molecule has 1 aliphatic heterocycles. The molecule has 86 valence electrons. The van der Waals surface area contributed by atoms with Crippen molar-refractivity contribution < 1.29 is 4.79 Å². The summed E-state index contributed by atoms with van der Waals surface area (Å²) in [5.74, 6) is 0.317. The van der Waals surface area contributed by atoms with Crippen molar-refractivity contribution in [3.8, 4) is 0 Å². The number of nitrogens with one attached hydrogen (secondary N) is 1. The number of rotatable bonds is 4. The summed E-state index contributed by atoms with van der Waals surface area (Å²) in [7, 11) is 0. The molecule has 0 spiro atoms. The smallest absolute Gasteiger partial charge is 0.243 e. The van der Waals surface area contributed by atoms with E-state index in [-0.39, 0.29) is 11.8 Å². The molecule has 0 radical (unpaired) electrons. The van der Waals surface area contributed by atoms with E-state index in [0.717, 1.165) is 31.5 Å². The number of para-hydroxylation sites is 1. The predicted octanol–water partition coefficient (Wildman–Crippen LogP) is 2.34. The van der Waals surface area contributed by atoms with Crippen molar-refractivity contribution in [1.82, 2.24) is 5.43 Å². The van der Waals surface area contributed by atoms with Crippen LogP contribution in [0.2, 0.25) is 0 Å². The van der Waals surface area contributed by atoms with Crippen molar-refractivity contribution >= 4 is 11.6 Å². The van der Waals surface area contributed by atoms with Crippen LogP contribution in [0.5, 0.6) is 0 Å². The largest absolute Gasteiger partial charge is 0.285 e. The van der Waals surface area contributed by atoms with Gasteiger partial charge in [-0.25, -0.2) is 0 Å². The lowest BCUT2D eigenvalue weighted by molar-refractivity contribution is -0.122. The highest BCUT2D eigenvalue weighted by molar-refractivity contribution is 5.84. The van der Waals surface area contributed by atoms with Crippen LogP contribution in [-0.2, 0) is 4.79 Å². The minimum Gasteiger partial charge on any atom is -0.285 e. The van der Waals surface area contributed by atoms with Crippen molar-refractivity contribution in [2.24, 2.45) is 5.92 Å². The van der Waals surface area contributed by atoms with Gasteiger partial charge in [0.05, 0.1) is 18.2 Å². The molecule has 1 unspecified atom stereocenters. The van der Waals surface area contributed by atoms with Gasteiger partial charge in [0.1, 0.15) is 0 Å². The highest BCUT2D eigenvalue weighted by Crippen LogP contribution is 2.21. The zero-order chi connectivity index (χ0) is 11.4. The maximum Gasteiger partial charge on any atom is 0.243 e. The maximum atomic E-state index is 11.7. The molecular weight excluding hydrogens is 200 g/mol. The Morgan fingerprint density at radius 2 is 2.12 bits per heavy atom. The van der Waals surface area contributed by atoms with Crippen LogP contribution < -0.4 is 10.4 Å². The Hall–Kier alpha value is -1.51. The number of nitrogens with zero attached hydrogens (tertiary/aromatic N) is 1. The van der Waals surface area contributed by atoms with Crippen molar-refractivity contribution in [3.05, 3.63) is 30.3 Å². The zero-order valence-electron chi connectivity index (χ0n) is 9.65. The maximum absolute atomic E-state index is 11.7. The average molecular weight is 218 g/mol. The molecule has 2 rings (SSSR count). The zero-order valence-corrected chi connectivity index (χ0v) is 9.65. The number of benzene rings is 1. The molecule has 0 bridgehead atoms. The van der Waals surface area contributed by atoms with Crippen LogP contribution in [0.3, 0.4) is 0 Å². The fourth-order valence-corrected chi connectivity index (χ4v) is 2.02. The van der Waals surface area contributed by atoms with E-state index >= 15 is 0 Å². The van der Waals surface area contributed by atoms with Gasteiger partial charge in [-0.15, -0.1) is 0 Å². The highest BCUT2D eigenvalue weighted by Gasteiger charge is 2.29. The molecule has 3 nitrogen and oxygen atoms in total. The normalized spacial score (nSPS) is 19.9. The summed E-state index contributed by atoms with van der Waals surface area (Å²) >= 11 is 0. The molecule has 1 aliphatic rings. The minimum absolute atomic E-state index is 0.153. The first-order valence-corrected chi connectivity index (χ1v) is 5.94. The summed E-state index contributed by atoms with van der Waals surface area (Å²) in [5, 5.41) is 1.95. The molecule has 0 aromatic heterocycles. The first-order valence-electron chi connectivity index (χ1n) is 5.94. The van der Waals surface area contributed by atoms with E-state index in [4.69, 9.17) is 0 Å². The van der Waals surface area contributed by atoms with Crippen LogP contribution in [0.15, 0.2) is 30.3 Å². The van der Waals surface area contributed by atoms with Crippen LogP contribution in [-0.4, -0.2) is 12.5 Å².